The molecule has 3 aromatic rings. The lowest BCUT2D eigenvalue weighted by atomic mass is 10.1. The minimum atomic E-state index is -0.361. The van der Waals surface area contributed by atoms with Crippen LogP contribution >= 0.6 is 0 Å². The van der Waals surface area contributed by atoms with Crippen LogP contribution in [0.1, 0.15) is 15.9 Å². The molecule has 0 bridgehead atoms. The van der Waals surface area contributed by atoms with E-state index in [4.69, 9.17) is 10.5 Å². The maximum Gasteiger partial charge on any atom is 0.337 e. The number of hydrogen-bond donors (Lipinski definition) is 2. The summed E-state index contributed by atoms with van der Waals surface area (Å²) >= 11 is 0. The molecule has 0 saturated heterocycles. The summed E-state index contributed by atoms with van der Waals surface area (Å²) in [5, 5.41) is 0. The molecule has 0 saturated carbocycles. The number of H-pyrrole nitrogens is 1. The van der Waals surface area contributed by atoms with Gasteiger partial charge in [0.15, 0.2) is 0 Å². The van der Waals surface area contributed by atoms with Gasteiger partial charge in [0, 0.05) is 12.1 Å². The Hall–Kier alpha value is -2.66. The molecule has 2 aromatic carbocycles. The highest BCUT2D eigenvalue weighted by Crippen LogP contribution is 2.22. The van der Waals surface area contributed by atoms with Gasteiger partial charge in [-0.3, -0.25) is 0 Å². The first-order chi connectivity index (χ1) is 10.2. The normalized spacial score (nSPS) is 10.8. The number of ether oxygens (including phenoxy) is 1. The molecule has 1 aromatic heterocycles. The number of hydrogen-bond acceptors (Lipinski definition) is 4. The van der Waals surface area contributed by atoms with E-state index in [1.165, 1.54) is 7.11 Å². The highest BCUT2D eigenvalue weighted by molar-refractivity contribution is 5.94. The van der Waals surface area contributed by atoms with Crippen LogP contribution in [0.25, 0.3) is 22.4 Å². The van der Waals surface area contributed by atoms with E-state index in [-0.39, 0.29) is 5.97 Å². The highest BCUT2D eigenvalue weighted by Gasteiger charge is 2.09. The number of benzene rings is 2. The number of aromatic nitrogens is 2. The summed E-state index contributed by atoms with van der Waals surface area (Å²) in [5.74, 6) is 0.399. The molecule has 3 N–H and O–H groups in total. The van der Waals surface area contributed by atoms with E-state index in [1.807, 2.05) is 24.3 Å². The Kier molecular flexibility index (Phi) is 3.41. The predicted octanol–water partition coefficient (Wildman–Crippen LogP) is 2.48. The molecule has 0 aliphatic rings. The highest BCUT2D eigenvalue weighted by atomic mass is 16.5. The van der Waals surface area contributed by atoms with E-state index in [0.29, 0.717) is 12.1 Å². The molecule has 0 aliphatic carbocycles. The molecule has 5 heteroatoms. The number of carbonyl (C=O) groups excluding carboxylic acids is 1. The van der Waals surface area contributed by atoms with Gasteiger partial charge in [0.1, 0.15) is 5.82 Å². The zero-order valence-electron chi connectivity index (χ0n) is 11.6. The van der Waals surface area contributed by atoms with Crippen LogP contribution in [-0.2, 0) is 11.3 Å². The lowest BCUT2D eigenvalue weighted by molar-refractivity contribution is 0.0601. The number of aromatic amines is 1. The first-order valence-corrected chi connectivity index (χ1v) is 6.58. The van der Waals surface area contributed by atoms with Crippen LogP contribution in [0.2, 0.25) is 0 Å². The van der Waals surface area contributed by atoms with Gasteiger partial charge < -0.3 is 15.5 Å². The van der Waals surface area contributed by atoms with E-state index in [2.05, 4.69) is 9.97 Å². The maximum atomic E-state index is 11.5. The third kappa shape index (κ3) is 2.51. The average molecular weight is 281 g/mol. The number of nitrogens with two attached hydrogens (primary N) is 1. The van der Waals surface area contributed by atoms with Crippen LogP contribution in [0.5, 0.6) is 0 Å². The molecule has 106 valence electrons. The van der Waals surface area contributed by atoms with Gasteiger partial charge in [0.2, 0.25) is 0 Å². The molecular formula is C16H15N3O2. The van der Waals surface area contributed by atoms with Crippen molar-refractivity contribution in [2.24, 2.45) is 5.73 Å². The molecule has 0 unspecified atom stereocenters. The number of imidazole rings is 1. The van der Waals surface area contributed by atoms with Crippen molar-refractivity contribution in [3.05, 3.63) is 53.6 Å². The summed E-state index contributed by atoms with van der Waals surface area (Å²) in [6, 6.07) is 13.1. The van der Waals surface area contributed by atoms with Gasteiger partial charge in [-0.05, 0) is 23.8 Å². The van der Waals surface area contributed by atoms with Gasteiger partial charge >= 0.3 is 5.97 Å². The van der Waals surface area contributed by atoms with Crippen molar-refractivity contribution in [2.45, 2.75) is 6.54 Å². The van der Waals surface area contributed by atoms with Gasteiger partial charge in [0.25, 0.3) is 0 Å². The fourth-order valence-electron chi connectivity index (χ4n) is 2.19. The van der Waals surface area contributed by atoms with Crippen LogP contribution in [0.4, 0.5) is 0 Å². The Labute approximate surface area is 121 Å². The molecule has 0 radical (unpaired) electrons. The summed E-state index contributed by atoms with van der Waals surface area (Å²) < 4.78 is 4.72. The van der Waals surface area contributed by atoms with E-state index >= 15 is 0 Å². The molecule has 0 amide bonds. The quantitative estimate of drug-likeness (QED) is 0.723. The van der Waals surface area contributed by atoms with Gasteiger partial charge in [0.05, 0.1) is 23.7 Å². The number of esters is 1. The number of carbonyl (C=O) groups is 1. The second-order valence-corrected chi connectivity index (χ2v) is 4.71. The zero-order valence-corrected chi connectivity index (χ0v) is 11.6. The Morgan fingerprint density at radius 3 is 2.67 bits per heavy atom. The minimum absolute atomic E-state index is 0.361. The smallest absolute Gasteiger partial charge is 0.337 e. The van der Waals surface area contributed by atoms with Crippen molar-refractivity contribution in [1.29, 1.82) is 0 Å². The lowest BCUT2D eigenvalue weighted by Gasteiger charge is -1.99. The number of rotatable bonds is 3. The maximum absolute atomic E-state index is 11.5. The second-order valence-electron chi connectivity index (χ2n) is 4.71. The molecule has 5 nitrogen and oxygen atoms in total. The third-order valence-corrected chi connectivity index (χ3v) is 3.37. The molecule has 21 heavy (non-hydrogen) atoms. The topological polar surface area (TPSA) is 81.0 Å². The van der Waals surface area contributed by atoms with E-state index in [1.54, 1.807) is 18.2 Å². The second kappa shape index (κ2) is 5.38. The molecule has 1 heterocycles. The number of methoxy groups -OCH3 is 1. The van der Waals surface area contributed by atoms with Crippen molar-refractivity contribution in [2.75, 3.05) is 7.11 Å². The van der Waals surface area contributed by atoms with Gasteiger partial charge in [-0.2, -0.15) is 0 Å². The van der Waals surface area contributed by atoms with Gasteiger partial charge in [-0.25, -0.2) is 9.78 Å². The van der Waals surface area contributed by atoms with Crippen molar-refractivity contribution in [3.63, 3.8) is 0 Å². The lowest BCUT2D eigenvalue weighted by Crippen LogP contribution is -2.00. The average Bonchev–Trinajstić information content (AvgIpc) is 2.97. The summed E-state index contributed by atoms with van der Waals surface area (Å²) in [6.45, 7) is 0.517. The first-order valence-electron chi connectivity index (χ1n) is 6.58. The summed E-state index contributed by atoms with van der Waals surface area (Å²) in [6.07, 6.45) is 0. The van der Waals surface area contributed by atoms with Crippen LogP contribution in [0, 0.1) is 0 Å². The fraction of sp³-hybridized carbons (Fsp3) is 0.125. The van der Waals surface area contributed by atoms with Crippen molar-refractivity contribution in [1.82, 2.24) is 9.97 Å². The molecule has 0 spiro atoms. The van der Waals surface area contributed by atoms with Gasteiger partial charge in [-0.15, -0.1) is 0 Å². The number of nitrogens with one attached hydrogen (secondary N) is 1. The van der Waals surface area contributed by atoms with Crippen molar-refractivity contribution >= 4 is 17.0 Å². The SMILES string of the molecule is COC(=O)c1ccc2nc(-c3ccc(CN)cc3)[nH]c2c1. The van der Waals surface area contributed by atoms with Crippen LogP contribution in [-0.4, -0.2) is 23.0 Å². The van der Waals surface area contributed by atoms with Crippen LogP contribution in [0.3, 0.4) is 0 Å². The summed E-state index contributed by atoms with van der Waals surface area (Å²) in [4.78, 5) is 19.3. The molecule has 0 fully saturated rings. The minimum Gasteiger partial charge on any atom is -0.465 e. The molecule has 3 rings (SSSR count). The Morgan fingerprint density at radius 1 is 1.24 bits per heavy atom. The van der Waals surface area contributed by atoms with Gasteiger partial charge in [-0.1, -0.05) is 24.3 Å². The Morgan fingerprint density at radius 2 is 2.00 bits per heavy atom. The fourth-order valence-corrected chi connectivity index (χ4v) is 2.19. The predicted molar refractivity (Wildman–Crippen MR) is 80.8 cm³/mol. The van der Waals surface area contributed by atoms with Crippen LogP contribution < -0.4 is 5.73 Å². The number of nitrogens with zero attached hydrogens (tertiary/aromatic N) is 1. The molecular weight excluding hydrogens is 266 g/mol. The summed E-state index contributed by atoms with van der Waals surface area (Å²) in [5.41, 5.74) is 9.74. The van der Waals surface area contributed by atoms with E-state index in [9.17, 15) is 4.79 Å². The molecule has 0 atom stereocenters. The van der Waals surface area contributed by atoms with E-state index < -0.39 is 0 Å². The Bertz CT molecular complexity index is 791. The van der Waals surface area contributed by atoms with Crippen LogP contribution in [0.15, 0.2) is 42.5 Å². The monoisotopic (exact) mass is 281 g/mol. The first kappa shape index (κ1) is 13.3. The van der Waals surface area contributed by atoms with E-state index in [0.717, 1.165) is 28.0 Å². The zero-order chi connectivity index (χ0) is 14.8. The largest absolute Gasteiger partial charge is 0.465 e. The molecule has 0 aliphatic heterocycles. The third-order valence-electron chi connectivity index (χ3n) is 3.37. The summed E-state index contributed by atoms with van der Waals surface area (Å²) in [7, 11) is 1.36. The number of fused-ring (bicyclic) bond motifs is 1. The van der Waals surface area contributed by atoms with Crippen molar-refractivity contribution < 1.29 is 9.53 Å². The van der Waals surface area contributed by atoms with Crippen molar-refractivity contribution in [3.8, 4) is 11.4 Å². The Balaban J connectivity index is 2.01. The standard InChI is InChI=1S/C16H15N3O2/c1-21-16(20)12-6-7-13-14(8-12)19-15(18-13)11-4-2-10(9-17)3-5-11/h2-8H,9,17H2,1H3,(H,18,19).